The van der Waals surface area contributed by atoms with Gasteiger partial charge in [-0.2, -0.15) is 0 Å². The average Bonchev–Trinajstić information content (AvgIpc) is 3.30. The van der Waals surface area contributed by atoms with Crippen molar-refractivity contribution in [1.29, 1.82) is 0 Å². The molecule has 3 aromatic rings. The van der Waals surface area contributed by atoms with Crippen LogP contribution in [0.2, 0.25) is 0 Å². The third-order valence-corrected chi connectivity index (χ3v) is 5.98. The zero-order valence-corrected chi connectivity index (χ0v) is 20.0. The Bertz CT molecular complexity index is 1040. The van der Waals surface area contributed by atoms with Gasteiger partial charge in [-0.05, 0) is 63.5 Å². The Morgan fingerprint density at radius 2 is 1.94 bits per heavy atom. The molecule has 1 atom stereocenters. The smallest absolute Gasteiger partial charge is 0.271 e. The van der Waals surface area contributed by atoms with Gasteiger partial charge in [0.1, 0.15) is 11.6 Å². The second-order valence-electron chi connectivity index (χ2n) is 7.93. The number of likely N-dealkylation sites (tertiary alicyclic amines) is 1. The molecule has 2 heterocycles. The van der Waals surface area contributed by atoms with Crippen molar-refractivity contribution in [3.8, 4) is 5.75 Å². The summed E-state index contributed by atoms with van der Waals surface area (Å²) in [6, 6.07) is 13.6. The number of aryl methyl sites for hydroxylation is 1. The third kappa shape index (κ3) is 5.71. The fourth-order valence-corrected chi connectivity index (χ4v) is 4.34. The van der Waals surface area contributed by atoms with E-state index < -0.39 is 0 Å². The van der Waals surface area contributed by atoms with Crippen LogP contribution in [0.4, 0.5) is 5.69 Å². The number of nitro benzene ring substituents is 1. The fourth-order valence-electron chi connectivity index (χ4n) is 4.34. The van der Waals surface area contributed by atoms with Gasteiger partial charge in [0.25, 0.3) is 5.69 Å². The Morgan fingerprint density at radius 1 is 1.19 bits per heavy atom. The first-order valence-corrected chi connectivity index (χ1v) is 10.6. The molecule has 32 heavy (non-hydrogen) atoms. The highest BCUT2D eigenvalue weighted by atomic mass is 35.5. The average molecular weight is 481 g/mol. The van der Waals surface area contributed by atoms with Gasteiger partial charge in [-0.3, -0.25) is 10.1 Å². The molecule has 0 saturated carbocycles. The number of hydrogen-bond acceptors (Lipinski definition) is 5. The number of ether oxygens (including phenoxy) is 1. The topological polar surface area (TPSA) is 73.4 Å². The van der Waals surface area contributed by atoms with Gasteiger partial charge in [0.05, 0.1) is 22.6 Å². The van der Waals surface area contributed by atoms with E-state index in [9.17, 15) is 10.1 Å². The second-order valence-corrected chi connectivity index (χ2v) is 7.93. The van der Waals surface area contributed by atoms with E-state index in [-0.39, 0.29) is 35.4 Å². The predicted molar refractivity (Wildman–Crippen MR) is 132 cm³/mol. The fraction of sp³-hybridized carbons (Fsp3) is 0.435. The normalized spacial score (nSPS) is 15.9. The SMILES string of the molecule is CCOc1ccc(Cc2nc3cc([N+](=O)[O-])ccc3n2CCC2CCCN2C)cc1.Cl.Cl. The van der Waals surface area contributed by atoms with E-state index in [0.29, 0.717) is 24.6 Å². The Labute approximate surface area is 200 Å². The van der Waals surface area contributed by atoms with E-state index >= 15 is 0 Å². The molecule has 174 valence electrons. The first-order chi connectivity index (χ1) is 14.5. The summed E-state index contributed by atoms with van der Waals surface area (Å²) in [5.74, 6) is 1.80. The Kier molecular flexibility index (Phi) is 9.31. The highest BCUT2D eigenvalue weighted by molar-refractivity contribution is 5.85. The Balaban J connectivity index is 0.00000181. The highest BCUT2D eigenvalue weighted by Crippen LogP contribution is 2.26. The molecule has 1 aliphatic rings. The molecule has 0 spiro atoms. The number of fused-ring (bicyclic) bond motifs is 1. The predicted octanol–water partition coefficient (Wildman–Crippen LogP) is 5.26. The molecule has 2 aromatic carbocycles. The molecule has 0 bridgehead atoms. The summed E-state index contributed by atoms with van der Waals surface area (Å²) in [6.07, 6.45) is 4.20. The first kappa shape index (κ1) is 25.9. The van der Waals surface area contributed by atoms with Crippen molar-refractivity contribution in [2.24, 2.45) is 0 Å². The van der Waals surface area contributed by atoms with E-state index in [4.69, 9.17) is 9.72 Å². The van der Waals surface area contributed by atoms with Crippen LogP contribution in [0.5, 0.6) is 5.75 Å². The summed E-state index contributed by atoms with van der Waals surface area (Å²) in [5.41, 5.74) is 2.87. The standard InChI is InChI=1S/C23H28N4O3.2ClH/c1-3-30-20-9-6-17(7-10-20)15-23-24-21-16-19(27(28)29)8-11-22(21)26(23)14-12-18-5-4-13-25(18)2;;/h6-11,16,18H,3-5,12-15H2,1-2H3;2*1H. The summed E-state index contributed by atoms with van der Waals surface area (Å²) in [7, 11) is 2.19. The summed E-state index contributed by atoms with van der Waals surface area (Å²) in [6.45, 7) is 4.62. The van der Waals surface area contributed by atoms with Crippen molar-refractivity contribution in [2.45, 2.75) is 45.2 Å². The van der Waals surface area contributed by atoms with E-state index in [2.05, 4.69) is 28.6 Å². The second kappa shape index (κ2) is 11.5. The van der Waals surface area contributed by atoms with Crippen molar-refractivity contribution in [1.82, 2.24) is 14.5 Å². The van der Waals surface area contributed by atoms with Gasteiger partial charge in [0.2, 0.25) is 0 Å². The lowest BCUT2D eigenvalue weighted by Crippen LogP contribution is -2.26. The van der Waals surface area contributed by atoms with Crippen LogP contribution in [0, 0.1) is 10.1 Å². The highest BCUT2D eigenvalue weighted by Gasteiger charge is 2.22. The van der Waals surface area contributed by atoms with Gasteiger partial charge >= 0.3 is 0 Å². The van der Waals surface area contributed by atoms with Crippen LogP contribution in [0.1, 0.15) is 37.6 Å². The summed E-state index contributed by atoms with van der Waals surface area (Å²) >= 11 is 0. The zero-order chi connectivity index (χ0) is 21.1. The largest absolute Gasteiger partial charge is 0.494 e. The van der Waals surface area contributed by atoms with Crippen LogP contribution in [-0.2, 0) is 13.0 Å². The van der Waals surface area contributed by atoms with E-state index in [0.717, 1.165) is 42.2 Å². The molecular weight excluding hydrogens is 451 g/mol. The molecule has 9 heteroatoms. The molecular formula is C23H30Cl2N4O3. The molecule has 4 rings (SSSR count). The van der Waals surface area contributed by atoms with Crippen molar-refractivity contribution < 1.29 is 9.66 Å². The van der Waals surface area contributed by atoms with Crippen molar-refractivity contribution in [3.05, 3.63) is 64.0 Å². The van der Waals surface area contributed by atoms with Crippen molar-refractivity contribution in [2.75, 3.05) is 20.2 Å². The van der Waals surface area contributed by atoms with Crippen LogP contribution in [0.15, 0.2) is 42.5 Å². The minimum absolute atomic E-state index is 0. The maximum Gasteiger partial charge on any atom is 0.271 e. The van der Waals surface area contributed by atoms with Gasteiger partial charge in [-0.25, -0.2) is 4.98 Å². The van der Waals surface area contributed by atoms with Crippen molar-refractivity contribution >= 4 is 41.5 Å². The number of benzene rings is 2. The molecule has 0 amide bonds. The first-order valence-electron chi connectivity index (χ1n) is 10.6. The number of nitrogens with zero attached hydrogens (tertiary/aromatic N) is 4. The zero-order valence-electron chi connectivity index (χ0n) is 18.4. The molecule has 7 nitrogen and oxygen atoms in total. The maximum absolute atomic E-state index is 11.2. The third-order valence-electron chi connectivity index (χ3n) is 5.98. The molecule has 1 aliphatic heterocycles. The van der Waals surface area contributed by atoms with Gasteiger partial charge in [0.15, 0.2) is 0 Å². The van der Waals surface area contributed by atoms with Crippen LogP contribution in [0.3, 0.4) is 0 Å². The molecule has 1 unspecified atom stereocenters. The van der Waals surface area contributed by atoms with Crippen LogP contribution < -0.4 is 4.74 Å². The number of imidazole rings is 1. The number of rotatable bonds is 8. The molecule has 0 N–H and O–H groups in total. The van der Waals surface area contributed by atoms with Gasteiger partial charge < -0.3 is 14.2 Å². The number of aromatic nitrogens is 2. The number of non-ortho nitro benzene ring substituents is 1. The quantitative estimate of drug-likeness (QED) is 0.324. The van der Waals surface area contributed by atoms with E-state index in [1.165, 1.54) is 12.8 Å². The lowest BCUT2D eigenvalue weighted by atomic mass is 10.1. The summed E-state index contributed by atoms with van der Waals surface area (Å²) in [5, 5.41) is 11.2. The molecule has 1 saturated heterocycles. The molecule has 0 radical (unpaired) electrons. The molecule has 0 aliphatic carbocycles. The Morgan fingerprint density at radius 3 is 2.56 bits per heavy atom. The summed E-state index contributed by atoms with van der Waals surface area (Å²) in [4.78, 5) is 18.1. The minimum atomic E-state index is -0.363. The monoisotopic (exact) mass is 480 g/mol. The lowest BCUT2D eigenvalue weighted by Gasteiger charge is -2.20. The molecule has 1 fully saturated rings. The maximum atomic E-state index is 11.2. The van der Waals surface area contributed by atoms with Gasteiger partial charge in [-0.1, -0.05) is 12.1 Å². The summed E-state index contributed by atoms with van der Waals surface area (Å²) < 4.78 is 7.77. The van der Waals surface area contributed by atoms with E-state index in [1.54, 1.807) is 12.1 Å². The van der Waals surface area contributed by atoms with Crippen LogP contribution in [0.25, 0.3) is 11.0 Å². The molecule has 1 aromatic heterocycles. The minimum Gasteiger partial charge on any atom is -0.494 e. The number of halogens is 2. The van der Waals surface area contributed by atoms with Crippen molar-refractivity contribution in [3.63, 3.8) is 0 Å². The van der Waals surface area contributed by atoms with Gasteiger partial charge in [-0.15, -0.1) is 24.8 Å². The number of hydrogen-bond donors (Lipinski definition) is 0. The Hall–Kier alpha value is -2.35. The van der Waals surface area contributed by atoms with Crippen LogP contribution >= 0.6 is 24.8 Å². The van der Waals surface area contributed by atoms with E-state index in [1.807, 2.05) is 25.1 Å². The van der Waals surface area contributed by atoms with Crippen LogP contribution in [-0.4, -0.2) is 45.6 Å². The van der Waals surface area contributed by atoms with Gasteiger partial charge in [0, 0.05) is 31.1 Å². The number of nitro groups is 1. The lowest BCUT2D eigenvalue weighted by molar-refractivity contribution is -0.384.